The molecule has 1 heterocycles. The summed E-state index contributed by atoms with van der Waals surface area (Å²) >= 11 is 1.21. The number of carbonyl (C=O) groups excluding carboxylic acids is 2. The molecule has 0 N–H and O–H groups in total. The van der Waals surface area contributed by atoms with Gasteiger partial charge in [-0.15, -0.1) is 0 Å². The van der Waals surface area contributed by atoms with Crippen molar-refractivity contribution in [2.45, 2.75) is 26.7 Å². The molecule has 6 heteroatoms. The Labute approximate surface area is 134 Å². The number of thiophene rings is 1. The van der Waals surface area contributed by atoms with Gasteiger partial charge in [0, 0.05) is 25.9 Å². The second-order valence-electron chi connectivity index (χ2n) is 5.17. The molecule has 0 spiro atoms. The van der Waals surface area contributed by atoms with Crippen LogP contribution in [0.25, 0.3) is 0 Å². The van der Waals surface area contributed by atoms with Crippen LogP contribution >= 0.6 is 11.3 Å². The lowest BCUT2D eigenvalue weighted by Gasteiger charge is -2.18. The fourth-order valence-electron chi connectivity index (χ4n) is 2.47. The molecular weight excluding hydrogens is 302 g/mol. The molecule has 5 nitrogen and oxygen atoms in total. The molecule has 0 amide bonds. The number of ether oxygens (including phenoxy) is 2. The number of Topliss-reactive ketones (excluding diaryl/α,β-unsaturated/α-hetero) is 1. The van der Waals surface area contributed by atoms with E-state index in [-0.39, 0.29) is 11.8 Å². The van der Waals surface area contributed by atoms with E-state index in [1.165, 1.54) is 11.3 Å². The summed E-state index contributed by atoms with van der Waals surface area (Å²) in [5, 5.41) is 0.523. The minimum atomic E-state index is -0.373. The molecule has 0 atom stereocenters. The highest BCUT2D eigenvalue weighted by Gasteiger charge is 2.33. The summed E-state index contributed by atoms with van der Waals surface area (Å²) < 4.78 is 10.7. The van der Waals surface area contributed by atoms with Gasteiger partial charge >= 0.3 is 5.97 Å². The fourth-order valence-corrected chi connectivity index (χ4v) is 3.62. The highest BCUT2D eigenvalue weighted by Crippen LogP contribution is 2.41. The van der Waals surface area contributed by atoms with E-state index in [0.29, 0.717) is 41.6 Å². The highest BCUT2D eigenvalue weighted by molar-refractivity contribution is 7.16. The molecular formula is C16H21NO4S. The minimum Gasteiger partial charge on any atom is -0.484 e. The van der Waals surface area contributed by atoms with Crippen molar-refractivity contribution in [3.8, 4) is 5.06 Å². The van der Waals surface area contributed by atoms with Crippen LogP contribution in [0.4, 0.5) is 0 Å². The zero-order valence-corrected chi connectivity index (χ0v) is 14.2. The molecule has 0 bridgehead atoms. The maximum atomic E-state index is 12.7. The third kappa shape index (κ3) is 3.16. The largest absolute Gasteiger partial charge is 0.484 e. The van der Waals surface area contributed by atoms with Gasteiger partial charge in [0.15, 0.2) is 10.8 Å². The van der Waals surface area contributed by atoms with Crippen LogP contribution in [0.2, 0.25) is 0 Å². The molecule has 1 aliphatic rings. The van der Waals surface area contributed by atoms with Crippen LogP contribution in [0.3, 0.4) is 0 Å². The Kier molecular flexibility index (Phi) is 5.24. The first-order chi connectivity index (χ1) is 10.5. The van der Waals surface area contributed by atoms with Crippen molar-refractivity contribution in [1.29, 1.82) is 0 Å². The number of hydrogen-bond donors (Lipinski definition) is 0. The Morgan fingerprint density at radius 3 is 2.59 bits per heavy atom. The van der Waals surface area contributed by atoms with E-state index in [4.69, 9.17) is 9.47 Å². The zero-order valence-electron chi connectivity index (χ0n) is 13.4. The van der Waals surface area contributed by atoms with Gasteiger partial charge in [0.05, 0.1) is 18.8 Å². The average Bonchev–Trinajstić information content (AvgIpc) is 2.82. The smallest absolute Gasteiger partial charge is 0.348 e. The van der Waals surface area contributed by atoms with E-state index in [0.717, 1.165) is 11.1 Å². The SMILES string of the molecule is CCOC(=O)c1sc(OCC)c2c1CC/C(=C/N(C)C)C2=O. The Morgan fingerprint density at radius 2 is 2.00 bits per heavy atom. The van der Waals surface area contributed by atoms with Gasteiger partial charge in [-0.2, -0.15) is 0 Å². The van der Waals surface area contributed by atoms with Gasteiger partial charge in [0.2, 0.25) is 0 Å². The number of nitrogens with zero attached hydrogens (tertiary/aromatic N) is 1. The van der Waals surface area contributed by atoms with Gasteiger partial charge in [0.1, 0.15) is 4.88 Å². The summed E-state index contributed by atoms with van der Waals surface area (Å²) in [6, 6.07) is 0. The zero-order chi connectivity index (χ0) is 16.3. The van der Waals surface area contributed by atoms with Crippen LogP contribution in [-0.4, -0.2) is 44.0 Å². The number of esters is 1. The van der Waals surface area contributed by atoms with Gasteiger partial charge in [0.25, 0.3) is 0 Å². The quantitative estimate of drug-likeness (QED) is 0.616. The molecule has 0 saturated carbocycles. The van der Waals surface area contributed by atoms with Crippen LogP contribution in [0, 0.1) is 0 Å². The first kappa shape index (κ1) is 16.5. The predicted octanol–water partition coefficient (Wildman–Crippen LogP) is 2.90. The number of ketones is 1. The Bertz CT molecular complexity index is 616. The fraction of sp³-hybridized carbons (Fsp3) is 0.500. The van der Waals surface area contributed by atoms with Gasteiger partial charge in [-0.25, -0.2) is 4.79 Å². The molecule has 1 aromatic heterocycles. The second kappa shape index (κ2) is 6.96. The van der Waals surface area contributed by atoms with Gasteiger partial charge in [-0.1, -0.05) is 11.3 Å². The van der Waals surface area contributed by atoms with Gasteiger partial charge in [-0.05, 0) is 32.3 Å². The molecule has 0 unspecified atom stereocenters. The summed E-state index contributed by atoms with van der Waals surface area (Å²) in [6.07, 6.45) is 3.11. The van der Waals surface area contributed by atoms with E-state index >= 15 is 0 Å². The number of carbonyl (C=O) groups is 2. The summed E-state index contributed by atoms with van der Waals surface area (Å²) in [5.41, 5.74) is 2.05. The normalized spacial score (nSPS) is 15.6. The molecule has 22 heavy (non-hydrogen) atoms. The maximum absolute atomic E-state index is 12.7. The maximum Gasteiger partial charge on any atom is 0.348 e. The van der Waals surface area contributed by atoms with Gasteiger partial charge < -0.3 is 14.4 Å². The van der Waals surface area contributed by atoms with E-state index in [1.54, 1.807) is 6.92 Å². The summed E-state index contributed by atoms with van der Waals surface area (Å²) in [7, 11) is 3.77. The summed E-state index contributed by atoms with van der Waals surface area (Å²) in [5.74, 6) is -0.423. The van der Waals surface area contributed by atoms with Crippen molar-refractivity contribution >= 4 is 23.1 Å². The first-order valence-electron chi connectivity index (χ1n) is 7.36. The average molecular weight is 323 g/mol. The van der Waals surface area contributed by atoms with Crippen molar-refractivity contribution in [1.82, 2.24) is 4.90 Å². The number of allylic oxidation sites excluding steroid dienone is 1. The molecule has 0 radical (unpaired) electrons. The van der Waals surface area contributed by atoms with E-state index < -0.39 is 0 Å². The molecule has 120 valence electrons. The van der Waals surface area contributed by atoms with Crippen LogP contribution in [0.5, 0.6) is 5.06 Å². The second-order valence-corrected chi connectivity index (χ2v) is 6.16. The van der Waals surface area contributed by atoms with Crippen molar-refractivity contribution in [3.05, 3.63) is 27.8 Å². The van der Waals surface area contributed by atoms with Crippen molar-refractivity contribution < 1.29 is 19.1 Å². The van der Waals surface area contributed by atoms with Crippen molar-refractivity contribution in [2.24, 2.45) is 0 Å². The van der Waals surface area contributed by atoms with Crippen LogP contribution in [-0.2, 0) is 11.2 Å². The summed E-state index contributed by atoms with van der Waals surface area (Å²) in [4.78, 5) is 27.2. The Hall–Kier alpha value is -1.82. The highest BCUT2D eigenvalue weighted by atomic mass is 32.1. The third-order valence-corrected chi connectivity index (χ3v) is 4.41. The Balaban J connectivity index is 2.49. The van der Waals surface area contributed by atoms with E-state index in [9.17, 15) is 9.59 Å². The van der Waals surface area contributed by atoms with Crippen molar-refractivity contribution in [3.63, 3.8) is 0 Å². The van der Waals surface area contributed by atoms with Crippen LogP contribution < -0.4 is 4.74 Å². The molecule has 2 rings (SSSR count). The predicted molar refractivity (Wildman–Crippen MR) is 85.9 cm³/mol. The third-order valence-electron chi connectivity index (χ3n) is 3.29. The lowest BCUT2D eigenvalue weighted by molar-refractivity contribution is 0.0531. The molecule has 1 aromatic rings. The standard InChI is InChI=1S/C16H21NO4S/c1-5-20-15(19)14-11-8-7-10(9-17(3)4)13(18)12(11)16(22-14)21-6-2/h9H,5-8H2,1-4H3/b10-9-. The number of fused-ring (bicyclic) bond motifs is 1. The Morgan fingerprint density at radius 1 is 1.27 bits per heavy atom. The van der Waals surface area contributed by atoms with Gasteiger partial charge in [-0.3, -0.25) is 4.79 Å². The van der Waals surface area contributed by atoms with Crippen LogP contribution in [0.15, 0.2) is 11.8 Å². The monoisotopic (exact) mass is 323 g/mol. The topological polar surface area (TPSA) is 55.8 Å². The molecule has 0 saturated heterocycles. The minimum absolute atomic E-state index is 0.0507. The lowest BCUT2D eigenvalue weighted by Crippen LogP contribution is -2.18. The number of rotatable bonds is 5. The molecule has 0 aromatic carbocycles. The van der Waals surface area contributed by atoms with Crippen molar-refractivity contribution in [2.75, 3.05) is 27.3 Å². The van der Waals surface area contributed by atoms with Crippen LogP contribution in [0.1, 0.15) is 45.9 Å². The lowest BCUT2D eigenvalue weighted by atomic mass is 9.88. The van der Waals surface area contributed by atoms with E-state index in [1.807, 2.05) is 32.1 Å². The number of hydrogen-bond acceptors (Lipinski definition) is 6. The molecule has 0 fully saturated rings. The molecule has 0 aliphatic heterocycles. The first-order valence-corrected chi connectivity index (χ1v) is 8.18. The van der Waals surface area contributed by atoms with E-state index in [2.05, 4.69) is 0 Å². The molecule has 1 aliphatic carbocycles. The summed E-state index contributed by atoms with van der Waals surface area (Å²) in [6.45, 7) is 4.40.